The summed E-state index contributed by atoms with van der Waals surface area (Å²) < 4.78 is 51.6. The van der Waals surface area contributed by atoms with Crippen molar-refractivity contribution in [2.45, 2.75) is 44.1 Å². The van der Waals surface area contributed by atoms with Gasteiger partial charge in [0.15, 0.2) is 11.4 Å². The first kappa shape index (κ1) is 26.4. The van der Waals surface area contributed by atoms with Crippen LogP contribution in [0.25, 0.3) is 11.1 Å². The molecule has 1 unspecified atom stereocenters. The molecular weight excluding hydrogens is 501 g/mol. The molecule has 0 bridgehead atoms. The molecule has 0 saturated carbocycles. The molecule has 38 heavy (non-hydrogen) atoms. The van der Waals surface area contributed by atoms with Crippen LogP contribution in [0.3, 0.4) is 0 Å². The zero-order chi connectivity index (χ0) is 27.0. The molecular formula is C26H31F3N6O3. The zero-order valence-corrected chi connectivity index (χ0v) is 21.1. The minimum atomic E-state index is -4.35. The number of nitrogen functional groups attached to an aromatic ring is 1. The van der Waals surface area contributed by atoms with Gasteiger partial charge in [-0.25, -0.2) is 0 Å². The van der Waals surface area contributed by atoms with Crippen molar-refractivity contribution in [2.75, 3.05) is 43.9 Å². The van der Waals surface area contributed by atoms with Crippen LogP contribution >= 0.6 is 0 Å². The van der Waals surface area contributed by atoms with Gasteiger partial charge in [-0.2, -0.15) is 13.2 Å². The number of fused-ring (bicyclic) bond motifs is 1. The highest BCUT2D eigenvalue weighted by Gasteiger charge is 2.44. The van der Waals surface area contributed by atoms with E-state index in [1.165, 1.54) is 12.4 Å². The summed E-state index contributed by atoms with van der Waals surface area (Å²) in [5.74, 6) is -1.94. The maximum atomic E-state index is 13.5. The molecule has 3 aromatic heterocycles. The predicted octanol–water partition coefficient (Wildman–Crippen LogP) is 3.17. The molecule has 204 valence electrons. The highest BCUT2D eigenvalue weighted by Crippen LogP contribution is 2.36. The number of nitrogens with zero attached hydrogens (tertiary/aromatic N) is 4. The monoisotopic (exact) mass is 532 g/mol. The van der Waals surface area contributed by atoms with Crippen molar-refractivity contribution in [3.63, 3.8) is 0 Å². The Bertz CT molecular complexity index is 1310. The summed E-state index contributed by atoms with van der Waals surface area (Å²) in [4.78, 5) is 25.8. The first-order valence-electron chi connectivity index (χ1n) is 12.6. The number of pyridine rings is 2. The molecule has 5 rings (SSSR count). The average molecular weight is 533 g/mol. The minimum absolute atomic E-state index is 0.0437. The van der Waals surface area contributed by atoms with Crippen LogP contribution in [0.15, 0.2) is 35.1 Å². The largest absolute Gasteiger partial charge is 0.438 e. The van der Waals surface area contributed by atoms with E-state index in [1.807, 2.05) is 6.07 Å². The molecule has 4 N–H and O–H groups in total. The van der Waals surface area contributed by atoms with Crippen LogP contribution in [0.1, 0.15) is 34.3 Å². The fourth-order valence-corrected chi connectivity index (χ4v) is 5.48. The van der Waals surface area contributed by atoms with E-state index in [-0.39, 0.29) is 49.3 Å². The number of hydrogen-bond donors (Lipinski definition) is 2. The third-order valence-electron chi connectivity index (χ3n) is 7.38. The van der Waals surface area contributed by atoms with Gasteiger partial charge < -0.3 is 25.5 Å². The number of alkyl halides is 3. The van der Waals surface area contributed by atoms with Crippen LogP contribution in [0.2, 0.25) is 0 Å². The fraction of sp³-hybridized carbons (Fsp3) is 0.500. The first-order valence-corrected chi connectivity index (χ1v) is 12.6. The Morgan fingerprint density at radius 3 is 2.82 bits per heavy atom. The van der Waals surface area contributed by atoms with Crippen molar-refractivity contribution in [3.05, 3.63) is 47.4 Å². The Morgan fingerprint density at radius 2 is 2.08 bits per heavy atom. The number of aromatic nitrogens is 2. The minimum Gasteiger partial charge on any atom is -0.438 e. The van der Waals surface area contributed by atoms with E-state index in [2.05, 4.69) is 14.9 Å². The van der Waals surface area contributed by atoms with Crippen LogP contribution in [0.4, 0.5) is 24.7 Å². The predicted molar refractivity (Wildman–Crippen MR) is 136 cm³/mol. The van der Waals surface area contributed by atoms with Crippen molar-refractivity contribution in [1.29, 1.82) is 0 Å². The molecule has 2 aliphatic heterocycles. The van der Waals surface area contributed by atoms with E-state index in [0.29, 0.717) is 28.9 Å². The van der Waals surface area contributed by atoms with Crippen molar-refractivity contribution in [2.24, 2.45) is 11.7 Å². The molecule has 0 amide bonds. The summed E-state index contributed by atoms with van der Waals surface area (Å²) in [5, 5.41) is 0. The molecule has 2 aliphatic rings. The molecule has 3 atom stereocenters. The van der Waals surface area contributed by atoms with E-state index >= 15 is 0 Å². The van der Waals surface area contributed by atoms with Gasteiger partial charge in [-0.15, -0.1) is 0 Å². The van der Waals surface area contributed by atoms with Crippen molar-refractivity contribution in [3.8, 4) is 0 Å². The van der Waals surface area contributed by atoms with Gasteiger partial charge in [0.2, 0.25) is 5.88 Å². The van der Waals surface area contributed by atoms with Gasteiger partial charge in [0.1, 0.15) is 11.1 Å². The normalized spacial score (nSPS) is 22.9. The summed E-state index contributed by atoms with van der Waals surface area (Å²) in [5.41, 5.74) is 14.9. The molecule has 3 aromatic rings. The van der Waals surface area contributed by atoms with Gasteiger partial charge in [0, 0.05) is 82.1 Å². The number of Topliss-reactive ketones (excluding diaryl/α,β-unsaturated/α-hetero) is 1. The maximum absolute atomic E-state index is 13.5. The van der Waals surface area contributed by atoms with Crippen LogP contribution in [-0.2, 0) is 17.7 Å². The van der Waals surface area contributed by atoms with Gasteiger partial charge in [0.25, 0.3) is 0 Å². The van der Waals surface area contributed by atoms with Gasteiger partial charge in [-0.3, -0.25) is 19.7 Å². The van der Waals surface area contributed by atoms with Crippen LogP contribution in [0.5, 0.6) is 0 Å². The quantitative estimate of drug-likeness (QED) is 0.442. The Morgan fingerprint density at radius 1 is 1.26 bits per heavy atom. The highest BCUT2D eigenvalue weighted by molar-refractivity contribution is 6.10. The third kappa shape index (κ3) is 5.47. The molecule has 0 aliphatic carbocycles. The van der Waals surface area contributed by atoms with E-state index in [4.69, 9.17) is 20.6 Å². The summed E-state index contributed by atoms with van der Waals surface area (Å²) >= 11 is 0. The Labute approximate surface area is 217 Å². The fourth-order valence-electron chi connectivity index (χ4n) is 5.48. The number of halogens is 3. The number of carbonyl (C=O) groups excluding carboxylic acids is 1. The number of piperidine rings is 1. The SMILES string of the molecule is COC1CCN(Cc2cnc3c(C(=O)Cc4cnccc4N4C[C@@H](N)C[C@@H](C(F)(F)F)C4)c(N)oc3c2)C1. The second-order valence-electron chi connectivity index (χ2n) is 10.2. The Hall–Kier alpha value is -3.22. The van der Waals surface area contributed by atoms with Gasteiger partial charge in [-0.1, -0.05) is 0 Å². The summed E-state index contributed by atoms with van der Waals surface area (Å²) in [6.45, 7) is 2.44. The topological polar surface area (TPSA) is 124 Å². The van der Waals surface area contributed by atoms with E-state index in [1.54, 1.807) is 24.3 Å². The standard InChI is InChI=1S/C26H31F3N6O3/c1-37-19-3-5-34(14-19)11-15-6-22-24(33-9-15)23(25(31)38-22)21(36)7-16-10-32-4-2-20(16)35-12-17(26(27,28)29)8-18(30)13-35/h2,4,6,9-10,17-19H,3,5,7-8,11-14,30-31H2,1H3/t17-,18+,19?/m1/s1. The number of hydrogen-bond acceptors (Lipinski definition) is 9. The number of carbonyl (C=O) groups is 1. The number of ketones is 1. The van der Waals surface area contributed by atoms with Gasteiger partial charge in [0.05, 0.1) is 12.0 Å². The lowest BCUT2D eigenvalue weighted by Gasteiger charge is -2.39. The molecule has 2 saturated heterocycles. The van der Waals surface area contributed by atoms with Crippen molar-refractivity contribution >= 4 is 28.5 Å². The Balaban J connectivity index is 1.36. The van der Waals surface area contributed by atoms with E-state index < -0.39 is 18.1 Å². The number of anilines is 2. The lowest BCUT2D eigenvalue weighted by Crippen LogP contribution is -2.51. The number of furan rings is 1. The first-order chi connectivity index (χ1) is 18.1. The van der Waals surface area contributed by atoms with Crippen molar-refractivity contribution < 1.29 is 27.1 Å². The van der Waals surface area contributed by atoms with E-state index in [0.717, 1.165) is 25.1 Å². The van der Waals surface area contributed by atoms with Crippen LogP contribution < -0.4 is 16.4 Å². The number of likely N-dealkylation sites (tertiary alicyclic amines) is 1. The average Bonchev–Trinajstić information content (AvgIpc) is 3.46. The van der Waals surface area contributed by atoms with E-state index in [9.17, 15) is 18.0 Å². The lowest BCUT2D eigenvalue weighted by molar-refractivity contribution is -0.177. The molecule has 9 nitrogen and oxygen atoms in total. The Kier molecular flexibility index (Phi) is 7.30. The molecule has 0 aromatic carbocycles. The summed E-state index contributed by atoms with van der Waals surface area (Å²) in [6, 6.07) is 2.80. The summed E-state index contributed by atoms with van der Waals surface area (Å²) in [6.07, 6.45) is 1.26. The molecule has 12 heteroatoms. The number of methoxy groups -OCH3 is 1. The van der Waals surface area contributed by atoms with Crippen molar-refractivity contribution in [1.82, 2.24) is 14.9 Å². The maximum Gasteiger partial charge on any atom is 0.393 e. The summed E-state index contributed by atoms with van der Waals surface area (Å²) in [7, 11) is 1.71. The smallest absolute Gasteiger partial charge is 0.393 e. The molecule has 0 spiro atoms. The molecule has 5 heterocycles. The third-order valence-corrected chi connectivity index (χ3v) is 7.38. The number of rotatable bonds is 7. The lowest BCUT2D eigenvalue weighted by atomic mass is 9.93. The molecule has 2 fully saturated rings. The number of nitrogens with two attached hydrogens (primary N) is 2. The second-order valence-corrected chi connectivity index (χ2v) is 10.2. The molecule has 0 radical (unpaired) electrons. The van der Waals surface area contributed by atoms with Gasteiger partial charge in [-0.05, 0) is 30.5 Å². The number of ether oxygens (including phenoxy) is 1. The van der Waals surface area contributed by atoms with Crippen LogP contribution in [-0.4, -0.2) is 72.3 Å². The highest BCUT2D eigenvalue weighted by atomic mass is 19.4. The second kappa shape index (κ2) is 10.5. The van der Waals surface area contributed by atoms with Crippen LogP contribution in [0, 0.1) is 5.92 Å². The zero-order valence-electron chi connectivity index (χ0n) is 21.1. The van der Waals surface area contributed by atoms with Gasteiger partial charge >= 0.3 is 6.18 Å².